The summed E-state index contributed by atoms with van der Waals surface area (Å²) in [6.45, 7) is 6.86. The zero-order valence-corrected chi connectivity index (χ0v) is 12.5. The normalized spacial score (nSPS) is 10.9. The maximum Gasteiger partial charge on any atom is 0.220 e. The second-order valence-electron chi connectivity index (χ2n) is 5.05. The third kappa shape index (κ3) is 8.72. The van der Waals surface area contributed by atoms with Crippen molar-refractivity contribution in [1.29, 1.82) is 0 Å². The number of carbonyl (C=O) groups excluding carboxylic acids is 1. The van der Waals surface area contributed by atoms with E-state index in [1.165, 1.54) is 0 Å². The van der Waals surface area contributed by atoms with Gasteiger partial charge in [0, 0.05) is 25.6 Å². The van der Waals surface area contributed by atoms with E-state index in [0.717, 1.165) is 25.1 Å². The van der Waals surface area contributed by atoms with Crippen LogP contribution in [0, 0.1) is 0 Å². The Kier molecular flexibility index (Phi) is 8.74. The minimum absolute atomic E-state index is 0.113. The SMILES string of the molecule is CC(C)NCCCC(=O)NCCCOCc1ccco1. The fraction of sp³-hybridized carbons (Fsp3) is 0.667. The summed E-state index contributed by atoms with van der Waals surface area (Å²) in [6, 6.07) is 4.20. The highest BCUT2D eigenvalue weighted by Crippen LogP contribution is 2.01. The van der Waals surface area contributed by atoms with Gasteiger partial charge in [0.15, 0.2) is 0 Å². The number of carbonyl (C=O) groups is 1. The van der Waals surface area contributed by atoms with E-state index in [0.29, 0.717) is 32.2 Å². The Morgan fingerprint density at radius 1 is 1.35 bits per heavy atom. The summed E-state index contributed by atoms with van der Waals surface area (Å²) in [5.41, 5.74) is 0. The van der Waals surface area contributed by atoms with Gasteiger partial charge in [-0.3, -0.25) is 4.79 Å². The standard InChI is InChI=1S/C15H26N2O3/c1-13(2)16-8-3-7-15(18)17-9-5-10-19-12-14-6-4-11-20-14/h4,6,11,13,16H,3,5,7-10,12H2,1-2H3,(H,17,18). The summed E-state index contributed by atoms with van der Waals surface area (Å²) in [6.07, 6.45) is 3.90. The summed E-state index contributed by atoms with van der Waals surface area (Å²) in [5.74, 6) is 0.938. The number of ether oxygens (including phenoxy) is 1. The first-order valence-corrected chi connectivity index (χ1v) is 7.28. The summed E-state index contributed by atoms with van der Waals surface area (Å²) in [5, 5.41) is 6.18. The van der Waals surface area contributed by atoms with Crippen LogP contribution in [0.1, 0.15) is 38.9 Å². The highest BCUT2D eigenvalue weighted by atomic mass is 16.5. The van der Waals surface area contributed by atoms with Crippen LogP contribution in [0.5, 0.6) is 0 Å². The quantitative estimate of drug-likeness (QED) is 0.610. The fourth-order valence-electron chi connectivity index (χ4n) is 1.70. The molecule has 0 saturated heterocycles. The van der Waals surface area contributed by atoms with Gasteiger partial charge in [-0.2, -0.15) is 0 Å². The molecule has 0 unspecified atom stereocenters. The Morgan fingerprint density at radius 3 is 2.90 bits per heavy atom. The Labute approximate surface area is 121 Å². The van der Waals surface area contributed by atoms with Crippen LogP contribution in [0.3, 0.4) is 0 Å². The number of nitrogens with one attached hydrogen (secondary N) is 2. The molecule has 114 valence electrons. The molecule has 0 spiro atoms. The van der Waals surface area contributed by atoms with E-state index in [1.54, 1.807) is 6.26 Å². The van der Waals surface area contributed by atoms with Gasteiger partial charge >= 0.3 is 0 Å². The monoisotopic (exact) mass is 282 g/mol. The van der Waals surface area contributed by atoms with E-state index in [2.05, 4.69) is 24.5 Å². The average Bonchev–Trinajstić information content (AvgIpc) is 2.91. The van der Waals surface area contributed by atoms with Crippen molar-refractivity contribution in [1.82, 2.24) is 10.6 Å². The minimum atomic E-state index is 0.113. The Hall–Kier alpha value is -1.33. The van der Waals surface area contributed by atoms with Crippen LogP contribution in [0.4, 0.5) is 0 Å². The topological polar surface area (TPSA) is 63.5 Å². The molecule has 0 bridgehead atoms. The number of furan rings is 1. The molecule has 0 radical (unpaired) electrons. The van der Waals surface area contributed by atoms with E-state index in [4.69, 9.17) is 9.15 Å². The maximum atomic E-state index is 11.5. The first-order chi connectivity index (χ1) is 9.68. The summed E-state index contributed by atoms with van der Waals surface area (Å²) in [4.78, 5) is 11.5. The van der Waals surface area contributed by atoms with Crippen LogP contribution in [0.25, 0.3) is 0 Å². The summed E-state index contributed by atoms with van der Waals surface area (Å²) < 4.78 is 10.6. The van der Waals surface area contributed by atoms with Crippen molar-refractivity contribution >= 4 is 5.91 Å². The molecule has 5 heteroatoms. The second kappa shape index (κ2) is 10.5. The molecule has 1 aromatic heterocycles. The van der Waals surface area contributed by atoms with Crippen LogP contribution < -0.4 is 10.6 Å². The predicted octanol–water partition coefficient (Wildman–Crippen LogP) is 2.08. The molecule has 0 aliphatic carbocycles. The van der Waals surface area contributed by atoms with Gasteiger partial charge < -0.3 is 19.8 Å². The first kappa shape index (κ1) is 16.7. The number of rotatable bonds is 11. The van der Waals surface area contributed by atoms with E-state index in [9.17, 15) is 4.79 Å². The van der Waals surface area contributed by atoms with Crippen molar-refractivity contribution in [2.24, 2.45) is 0 Å². The van der Waals surface area contributed by atoms with Gasteiger partial charge in [-0.05, 0) is 31.5 Å². The lowest BCUT2D eigenvalue weighted by Gasteiger charge is -2.08. The largest absolute Gasteiger partial charge is 0.467 e. The van der Waals surface area contributed by atoms with E-state index >= 15 is 0 Å². The maximum absolute atomic E-state index is 11.5. The van der Waals surface area contributed by atoms with Crippen molar-refractivity contribution in [3.05, 3.63) is 24.2 Å². The number of hydrogen-bond acceptors (Lipinski definition) is 4. The summed E-state index contributed by atoms with van der Waals surface area (Å²) in [7, 11) is 0. The predicted molar refractivity (Wildman–Crippen MR) is 78.4 cm³/mol. The average molecular weight is 282 g/mol. The first-order valence-electron chi connectivity index (χ1n) is 7.28. The lowest BCUT2D eigenvalue weighted by Crippen LogP contribution is -2.28. The molecule has 0 saturated carbocycles. The zero-order valence-electron chi connectivity index (χ0n) is 12.5. The van der Waals surface area contributed by atoms with Crippen molar-refractivity contribution in [2.75, 3.05) is 19.7 Å². The lowest BCUT2D eigenvalue weighted by molar-refractivity contribution is -0.121. The van der Waals surface area contributed by atoms with Crippen molar-refractivity contribution in [2.45, 2.75) is 45.8 Å². The lowest BCUT2D eigenvalue weighted by atomic mass is 10.2. The molecule has 1 heterocycles. The molecule has 0 fully saturated rings. The molecule has 0 aromatic carbocycles. The molecule has 0 aliphatic rings. The second-order valence-corrected chi connectivity index (χ2v) is 5.05. The molecule has 2 N–H and O–H groups in total. The molecule has 5 nitrogen and oxygen atoms in total. The third-order valence-corrected chi connectivity index (χ3v) is 2.75. The minimum Gasteiger partial charge on any atom is -0.467 e. The smallest absolute Gasteiger partial charge is 0.220 e. The molecule has 0 atom stereocenters. The Bertz CT molecular complexity index is 350. The van der Waals surface area contributed by atoms with Gasteiger partial charge in [0.25, 0.3) is 0 Å². The molecule has 0 aliphatic heterocycles. The highest BCUT2D eigenvalue weighted by molar-refractivity contribution is 5.75. The van der Waals surface area contributed by atoms with Crippen LogP contribution in [0.15, 0.2) is 22.8 Å². The van der Waals surface area contributed by atoms with Crippen LogP contribution in [0.2, 0.25) is 0 Å². The van der Waals surface area contributed by atoms with Gasteiger partial charge in [-0.1, -0.05) is 13.8 Å². The van der Waals surface area contributed by atoms with E-state index in [1.807, 2.05) is 12.1 Å². The molecular formula is C15H26N2O3. The van der Waals surface area contributed by atoms with Gasteiger partial charge in [0.2, 0.25) is 5.91 Å². The van der Waals surface area contributed by atoms with Gasteiger partial charge in [0.05, 0.1) is 6.26 Å². The van der Waals surface area contributed by atoms with Crippen LogP contribution >= 0.6 is 0 Å². The van der Waals surface area contributed by atoms with Crippen molar-refractivity contribution in [3.63, 3.8) is 0 Å². The van der Waals surface area contributed by atoms with Crippen molar-refractivity contribution in [3.8, 4) is 0 Å². The zero-order chi connectivity index (χ0) is 14.6. The molecule has 20 heavy (non-hydrogen) atoms. The number of amides is 1. The van der Waals surface area contributed by atoms with Gasteiger partial charge in [0.1, 0.15) is 12.4 Å². The van der Waals surface area contributed by atoms with Crippen LogP contribution in [-0.2, 0) is 16.1 Å². The highest BCUT2D eigenvalue weighted by Gasteiger charge is 2.01. The fourth-order valence-corrected chi connectivity index (χ4v) is 1.70. The third-order valence-electron chi connectivity index (χ3n) is 2.75. The molecule has 1 rings (SSSR count). The molecule has 1 aromatic rings. The van der Waals surface area contributed by atoms with Crippen molar-refractivity contribution < 1.29 is 13.9 Å². The van der Waals surface area contributed by atoms with Gasteiger partial charge in [-0.15, -0.1) is 0 Å². The van der Waals surface area contributed by atoms with Crippen LogP contribution in [-0.4, -0.2) is 31.6 Å². The van der Waals surface area contributed by atoms with E-state index < -0.39 is 0 Å². The van der Waals surface area contributed by atoms with Gasteiger partial charge in [-0.25, -0.2) is 0 Å². The Balaban J connectivity index is 1.86. The molecule has 1 amide bonds. The Morgan fingerprint density at radius 2 is 2.20 bits per heavy atom. The molecular weight excluding hydrogens is 256 g/mol. The van der Waals surface area contributed by atoms with E-state index in [-0.39, 0.29) is 5.91 Å². The number of hydrogen-bond donors (Lipinski definition) is 2. The summed E-state index contributed by atoms with van der Waals surface area (Å²) >= 11 is 0.